The van der Waals surface area contributed by atoms with E-state index in [0.29, 0.717) is 12.6 Å². The third-order valence-corrected chi connectivity index (χ3v) is 3.35. The van der Waals surface area contributed by atoms with Crippen LogP contribution in [-0.4, -0.2) is 67.3 Å². The maximum atomic E-state index is 12.1. The number of hydrogen-bond donors (Lipinski definition) is 1. The molecule has 1 aliphatic rings. The van der Waals surface area contributed by atoms with Crippen molar-refractivity contribution in [2.75, 3.05) is 39.8 Å². The average molecular weight is 285 g/mol. The third-order valence-electron chi connectivity index (χ3n) is 3.35. The number of carbonyl (C=O) groups is 1. The van der Waals surface area contributed by atoms with E-state index in [4.69, 9.17) is 4.74 Å². The van der Waals surface area contributed by atoms with E-state index in [-0.39, 0.29) is 6.09 Å². The zero-order valence-corrected chi connectivity index (χ0v) is 13.7. The van der Waals surface area contributed by atoms with Crippen molar-refractivity contribution in [3.63, 3.8) is 0 Å². The molecule has 20 heavy (non-hydrogen) atoms. The monoisotopic (exact) mass is 285 g/mol. The second kappa shape index (κ2) is 7.84. The molecule has 0 bridgehead atoms. The lowest BCUT2D eigenvalue weighted by atomic mass is 10.2. The SMILES string of the molecule is CCCN(CCNC1CCN(C)C1)C(=O)OC(C)(C)C. The number of carbonyl (C=O) groups excluding carboxylic acids is 1. The van der Waals surface area contributed by atoms with Crippen molar-refractivity contribution < 1.29 is 9.53 Å². The maximum Gasteiger partial charge on any atom is 0.410 e. The summed E-state index contributed by atoms with van der Waals surface area (Å²) in [6.07, 6.45) is 1.94. The van der Waals surface area contributed by atoms with Gasteiger partial charge in [0.25, 0.3) is 0 Å². The molecule has 0 aromatic carbocycles. The maximum absolute atomic E-state index is 12.1. The highest BCUT2D eigenvalue weighted by atomic mass is 16.6. The van der Waals surface area contributed by atoms with E-state index in [1.165, 1.54) is 6.42 Å². The molecular formula is C15H31N3O2. The Kier molecular flexibility index (Phi) is 6.76. The van der Waals surface area contributed by atoms with E-state index in [2.05, 4.69) is 24.2 Å². The van der Waals surface area contributed by atoms with E-state index < -0.39 is 5.60 Å². The van der Waals surface area contributed by atoms with Crippen LogP contribution in [0.15, 0.2) is 0 Å². The van der Waals surface area contributed by atoms with Gasteiger partial charge in [0.15, 0.2) is 0 Å². The second-order valence-corrected chi connectivity index (χ2v) is 6.67. The Bertz CT molecular complexity index is 302. The lowest BCUT2D eigenvalue weighted by Crippen LogP contribution is -2.43. The molecule has 0 saturated carbocycles. The number of likely N-dealkylation sites (tertiary alicyclic amines) is 1. The summed E-state index contributed by atoms with van der Waals surface area (Å²) in [5, 5.41) is 3.53. The van der Waals surface area contributed by atoms with Crippen molar-refractivity contribution in [3.05, 3.63) is 0 Å². The Balaban J connectivity index is 2.33. The van der Waals surface area contributed by atoms with Crippen molar-refractivity contribution in [1.82, 2.24) is 15.1 Å². The molecule has 118 valence electrons. The first kappa shape index (κ1) is 17.2. The first-order chi connectivity index (χ1) is 9.31. The van der Waals surface area contributed by atoms with Gasteiger partial charge in [0.05, 0.1) is 0 Å². The van der Waals surface area contributed by atoms with Gasteiger partial charge in [-0.1, -0.05) is 6.92 Å². The summed E-state index contributed by atoms with van der Waals surface area (Å²) in [6.45, 7) is 12.3. The molecule has 1 saturated heterocycles. The molecule has 0 aromatic heterocycles. The Labute approximate surface area is 123 Å². The van der Waals surface area contributed by atoms with Crippen LogP contribution >= 0.6 is 0 Å². The number of rotatable bonds is 6. The fourth-order valence-electron chi connectivity index (χ4n) is 2.40. The molecule has 1 N–H and O–H groups in total. The highest BCUT2D eigenvalue weighted by Gasteiger charge is 2.22. The summed E-state index contributed by atoms with van der Waals surface area (Å²) in [5.41, 5.74) is -0.426. The summed E-state index contributed by atoms with van der Waals surface area (Å²) >= 11 is 0. The van der Waals surface area contributed by atoms with Crippen LogP contribution in [0.4, 0.5) is 4.79 Å². The van der Waals surface area contributed by atoms with Crippen LogP contribution in [0.1, 0.15) is 40.5 Å². The predicted octanol–water partition coefficient (Wildman–Crippen LogP) is 1.93. The summed E-state index contributed by atoms with van der Waals surface area (Å²) < 4.78 is 5.44. The highest BCUT2D eigenvalue weighted by Crippen LogP contribution is 2.10. The molecule has 0 aromatic rings. The summed E-state index contributed by atoms with van der Waals surface area (Å²) in [4.78, 5) is 16.2. The molecule has 1 amide bonds. The Hall–Kier alpha value is -0.810. The quantitative estimate of drug-likeness (QED) is 0.810. The van der Waals surface area contributed by atoms with Crippen molar-refractivity contribution in [2.24, 2.45) is 0 Å². The smallest absolute Gasteiger partial charge is 0.410 e. The lowest BCUT2D eigenvalue weighted by Gasteiger charge is -2.27. The van der Waals surface area contributed by atoms with Gasteiger partial charge in [-0.2, -0.15) is 0 Å². The fourth-order valence-corrected chi connectivity index (χ4v) is 2.40. The van der Waals surface area contributed by atoms with Crippen LogP contribution in [-0.2, 0) is 4.74 Å². The van der Waals surface area contributed by atoms with Gasteiger partial charge in [-0.05, 0) is 47.2 Å². The van der Waals surface area contributed by atoms with Gasteiger partial charge in [-0.25, -0.2) is 4.79 Å². The van der Waals surface area contributed by atoms with Gasteiger partial charge in [0.1, 0.15) is 5.60 Å². The fraction of sp³-hybridized carbons (Fsp3) is 0.933. The molecule has 1 heterocycles. The Morgan fingerprint density at radius 3 is 2.60 bits per heavy atom. The third kappa shape index (κ3) is 6.57. The molecule has 0 spiro atoms. The van der Waals surface area contributed by atoms with Crippen LogP contribution in [0, 0.1) is 0 Å². The Morgan fingerprint density at radius 1 is 1.40 bits per heavy atom. The van der Waals surface area contributed by atoms with Gasteiger partial charge < -0.3 is 19.9 Å². The molecule has 5 nitrogen and oxygen atoms in total. The number of amides is 1. The lowest BCUT2D eigenvalue weighted by molar-refractivity contribution is 0.0251. The molecule has 1 atom stereocenters. The van der Waals surface area contributed by atoms with Crippen LogP contribution in [0.2, 0.25) is 0 Å². The van der Waals surface area contributed by atoms with Gasteiger partial charge in [0.2, 0.25) is 0 Å². The largest absolute Gasteiger partial charge is 0.444 e. The van der Waals surface area contributed by atoms with Crippen LogP contribution < -0.4 is 5.32 Å². The first-order valence-corrected chi connectivity index (χ1v) is 7.71. The summed E-state index contributed by atoms with van der Waals surface area (Å²) in [5.74, 6) is 0. The zero-order valence-electron chi connectivity index (χ0n) is 13.7. The zero-order chi connectivity index (χ0) is 15.2. The standard InChI is InChI=1S/C15H31N3O2/c1-6-9-18(14(19)20-15(2,3)4)11-8-16-13-7-10-17(5)12-13/h13,16H,6-12H2,1-5H3. The van der Waals surface area contributed by atoms with Gasteiger partial charge in [0, 0.05) is 32.2 Å². The van der Waals surface area contributed by atoms with E-state index in [1.54, 1.807) is 4.90 Å². The van der Waals surface area contributed by atoms with Gasteiger partial charge in [-0.15, -0.1) is 0 Å². The van der Waals surface area contributed by atoms with Crippen LogP contribution in [0.25, 0.3) is 0 Å². The highest BCUT2D eigenvalue weighted by molar-refractivity contribution is 5.68. The van der Waals surface area contributed by atoms with E-state index in [9.17, 15) is 4.79 Å². The topological polar surface area (TPSA) is 44.8 Å². The van der Waals surface area contributed by atoms with E-state index in [1.807, 2.05) is 20.8 Å². The Morgan fingerprint density at radius 2 is 2.10 bits per heavy atom. The van der Waals surface area contributed by atoms with Crippen LogP contribution in [0.5, 0.6) is 0 Å². The summed E-state index contributed by atoms with van der Waals surface area (Å²) in [6, 6.07) is 0.558. The number of hydrogen-bond acceptors (Lipinski definition) is 4. The minimum absolute atomic E-state index is 0.204. The van der Waals surface area contributed by atoms with Crippen LogP contribution in [0.3, 0.4) is 0 Å². The number of nitrogens with zero attached hydrogens (tertiary/aromatic N) is 2. The first-order valence-electron chi connectivity index (χ1n) is 7.71. The molecular weight excluding hydrogens is 254 g/mol. The van der Waals surface area contributed by atoms with Gasteiger partial charge >= 0.3 is 6.09 Å². The van der Waals surface area contributed by atoms with E-state index in [0.717, 1.165) is 32.6 Å². The molecule has 1 rings (SSSR count). The number of ether oxygens (including phenoxy) is 1. The normalized spacial score (nSPS) is 20.1. The molecule has 5 heteroatoms. The number of likely N-dealkylation sites (N-methyl/N-ethyl adjacent to an activating group) is 1. The van der Waals surface area contributed by atoms with Gasteiger partial charge in [-0.3, -0.25) is 0 Å². The minimum Gasteiger partial charge on any atom is -0.444 e. The van der Waals surface area contributed by atoms with E-state index >= 15 is 0 Å². The second-order valence-electron chi connectivity index (χ2n) is 6.67. The number of nitrogens with one attached hydrogen (secondary N) is 1. The van der Waals surface area contributed by atoms with Crippen molar-refractivity contribution in [3.8, 4) is 0 Å². The minimum atomic E-state index is -0.426. The van der Waals surface area contributed by atoms with Crippen molar-refractivity contribution in [1.29, 1.82) is 0 Å². The molecule has 0 radical (unpaired) electrons. The van der Waals surface area contributed by atoms with Crippen molar-refractivity contribution >= 4 is 6.09 Å². The molecule has 0 aliphatic carbocycles. The molecule has 1 unspecified atom stereocenters. The molecule has 1 fully saturated rings. The summed E-state index contributed by atoms with van der Waals surface area (Å²) in [7, 11) is 2.14. The van der Waals surface area contributed by atoms with Crippen molar-refractivity contribution in [2.45, 2.75) is 52.2 Å². The molecule has 1 aliphatic heterocycles. The average Bonchev–Trinajstić information content (AvgIpc) is 2.71. The predicted molar refractivity (Wildman–Crippen MR) is 82.0 cm³/mol.